The molecule has 0 spiro atoms. The van der Waals surface area contributed by atoms with Crippen molar-refractivity contribution in [3.63, 3.8) is 0 Å². The summed E-state index contributed by atoms with van der Waals surface area (Å²) in [7, 11) is 5.40. The molecule has 0 atom stereocenters. The zero-order valence-corrected chi connectivity index (χ0v) is 19.4. The highest BCUT2D eigenvalue weighted by molar-refractivity contribution is 5.92. The third kappa shape index (κ3) is 4.72. The van der Waals surface area contributed by atoms with Crippen molar-refractivity contribution in [2.75, 3.05) is 35.0 Å². The van der Waals surface area contributed by atoms with Gasteiger partial charge in [-0.1, -0.05) is 0 Å². The van der Waals surface area contributed by atoms with Crippen molar-refractivity contribution in [1.29, 1.82) is 0 Å². The Morgan fingerprint density at radius 2 is 1.65 bits per heavy atom. The Kier molecular flexibility index (Phi) is 7.57. The molecule has 1 aromatic heterocycles. The van der Waals surface area contributed by atoms with Crippen LogP contribution in [0, 0.1) is 5.21 Å². The Bertz CT molecular complexity index is 1200. The van der Waals surface area contributed by atoms with Crippen molar-refractivity contribution < 1.29 is 42.7 Å². The van der Waals surface area contributed by atoms with E-state index in [1.54, 1.807) is 19.1 Å². The quantitative estimate of drug-likeness (QED) is 0.260. The van der Waals surface area contributed by atoms with Gasteiger partial charge in [-0.15, -0.1) is 0 Å². The van der Waals surface area contributed by atoms with E-state index in [4.69, 9.17) is 28.4 Å². The highest BCUT2D eigenvalue weighted by Gasteiger charge is 2.29. The summed E-state index contributed by atoms with van der Waals surface area (Å²) in [6.45, 7) is 1.74. The number of esters is 2. The van der Waals surface area contributed by atoms with Crippen LogP contribution in [0.15, 0.2) is 30.3 Å². The summed E-state index contributed by atoms with van der Waals surface area (Å²) in [6.07, 6.45) is 0. The third-order valence-corrected chi connectivity index (χ3v) is 4.83. The zero-order chi connectivity index (χ0) is 24.8. The van der Waals surface area contributed by atoms with Gasteiger partial charge >= 0.3 is 17.6 Å². The van der Waals surface area contributed by atoms with Gasteiger partial charge in [0.15, 0.2) is 17.2 Å². The van der Waals surface area contributed by atoms with Gasteiger partial charge in [0.05, 0.1) is 46.7 Å². The number of rotatable bonds is 9. The molecule has 0 fully saturated rings. The van der Waals surface area contributed by atoms with E-state index in [1.807, 2.05) is 0 Å². The Labute approximate surface area is 195 Å². The third-order valence-electron chi connectivity index (χ3n) is 4.83. The van der Waals surface area contributed by atoms with Crippen LogP contribution in [0.4, 0.5) is 0 Å². The standard InChI is InChI=1S/C23H24N2O9/c1-6-33-14-7-8-15-17(11-14)25(28)20(23(27)32-5)16(24-15)12-34-22(26)13-9-18(29-2)21(31-4)19(10-13)30-3/h7-11H,6,12H2,1-5H3. The van der Waals surface area contributed by atoms with Gasteiger partial charge in [0.2, 0.25) is 11.3 Å². The van der Waals surface area contributed by atoms with Gasteiger partial charge in [0.1, 0.15) is 17.9 Å². The summed E-state index contributed by atoms with van der Waals surface area (Å²) in [5, 5.41) is 13.0. The van der Waals surface area contributed by atoms with Gasteiger partial charge in [0.25, 0.3) is 0 Å². The second-order valence-corrected chi connectivity index (χ2v) is 6.77. The molecular formula is C23H24N2O9. The molecule has 0 N–H and O–H groups in total. The fraction of sp³-hybridized carbons (Fsp3) is 0.304. The van der Waals surface area contributed by atoms with E-state index in [-0.39, 0.29) is 33.8 Å². The fourth-order valence-electron chi connectivity index (χ4n) is 3.27. The first kappa shape index (κ1) is 24.4. The van der Waals surface area contributed by atoms with Crippen LogP contribution < -0.4 is 23.7 Å². The van der Waals surface area contributed by atoms with E-state index in [9.17, 15) is 14.8 Å². The fourth-order valence-corrected chi connectivity index (χ4v) is 3.27. The van der Waals surface area contributed by atoms with Gasteiger partial charge in [-0.25, -0.2) is 14.6 Å². The van der Waals surface area contributed by atoms with Crippen LogP contribution in [-0.4, -0.2) is 52.0 Å². The van der Waals surface area contributed by atoms with E-state index < -0.39 is 24.2 Å². The molecule has 0 aliphatic carbocycles. The molecule has 0 aliphatic heterocycles. The topological polar surface area (TPSA) is 129 Å². The Balaban J connectivity index is 1.97. The minimum atomic E-state index is -0.926. The van der Waals surface area contributed by atoms with Crippen LogP contribution in [-0.2, 0) is 16.1 Å². The highest BCUT2D eigenvalue weighted by Crippen LogP contribution is 2.38. The van der Waals surface area contributed by atoms with Crippen LogP contribution in [0.2, 0.25) is 0 Å². The molecule has 11 heteroatoms. The van der Waals surface area contributed by atoms with E-state index in [2.05, 4.69) is 4.98 Å². The normalized spacial score (nSPS) is 10.5. The molecule has 0 saturated carbocycles. The number of methoxy groups -OCH3 is 4. The van der Waals surface area contributed by atoms with E-state index >= 15 is 0 Å². The van der Waals surface area contributed by atoms with Gasteiger partial charge in [0, 0.05) is 0 Å². The van der Waals surface area contributed by atoms with E-state index in [0.717, 1.165) is 7.11 Å². The maximum absolute atomic E-state index is 13.0. The molecular weight excluding hydrogens is 448 g/mol. The maximum atomic E-state index is 13.0. The average Bonchev–Trinajstić information content (AvgIpc) is 2.86. The van der Waals surface area contributed by atoms with Crippen molar-refractivity contribution in [2.24, 2.45) is 0 Å². The van der Waals surface area contributed by atoms with Gasteiger partial charge < -0.3 is 33.6 Å². The van der Waals surface area contributed by atoms with Crippen molar-refractivity contribution in [3.8, 4) is 23.0 Å². The van der Waals surface area contributed by atoms with Crippen LogP contribution in [0.1, 0.15) is 33.5 Å². The maximum Gasteiger partial charge on any atom is 0.406 e. The van der Waals surface area contributed by atoms with Crippen molar-refractivity contribution in [3.05, 3.63) is 52.5 Å². The number of hydrogen-bond donors (Lipinski definition) is 0. The van der Waals surface area contributed by atoms with Crippen LogP contribution in [0.25, 0.3) is 11.0 Å². The van der Waals surface area contributed by atoms with Gasteiger partial charge in [-0.3, -0.25) is 0 Å². The summed E-state index contributed by atoms with van der Waals surface area (Å²) >= 11 is 0. The lowest BCUT2D eigenvalue weighted by Gasteiger charge is -2.14. The lowest BCUT2D eigenvalue weighted by atomic mass is 10.2. The number of nitrogens with zero attached hydrogens (tertiary/aromatic N) is 2. The summed E-state index contributed by atoms with van der Waals surface area (Å²) in [4.78, 5) is 29.5. The first-order chi connectivity index (χ1) is 16.4. The molecule has 0 aliphatic rings. The number of carbonyl (C=O) groups is 2. The summed E-state index contributed by atoms with van der Waals surface area (Å²) in [5.41, 5.74) is 0.0166. The number of benzene rings is 2. The van der Waals surface area contributed by atoms with Gasteiger partial charge in [-0.05, 0) is 31.2 Å². The van der Waals surface area contributed by atoms with Crippen molar-refractivity contribution in [2.45, 2.75) is 13.5 Å². The van der Waals surface area contributed by atoms with Crippen LogP contribution in [0.3, 0.4) is 0 Å². The molecule has 2 aromatic carbocycles. The first-order valence-electron chi connectivity index (χ1n) is 10.1. The molecule has 3 aromatic rings. The van der Waals surface area contributed by atoms with E-state index in [0.29, 0.717) is 22.8 Å². The number of ether oxygens (including phenoxy) is 6. The molecule has 0 saturated heterocycles. The molecule has 1 heterocycles. The van der Waals surface area contributed by atoms with Gasteiger partial charge in [-0.2, -0.15) is 4.73 Å². The Morgan fingerprint density at radius 3 is 2.21 bits per heavy atom. The second-order valence-electron chi connectivity index (χ2n) is 6.77. The monoisotopic (exact) mass is 472 g/mol. The molecule has 180 valence electrons. The predicted octanol–water partition coefficient (Wildman–Crippen LogP) is 2.44. The molecule has 3 rings (SSSR count). The average molecular weight is 472 g/mol. The molecule has 0 radical (unpaired) electrons. The van der Waals surface area contributed by atoms with Crippen molar-refractivity contribution >= 4 is 23.0 Å². The smallest absolute Gasteiger partial charge is 0.406 e. The SMILES string of the molecule is CCOc1ccc2nc(COC(=O)c3cc(OC)c(OC)c(OC)c3)c(C(=O)OC)[n+]([O-])c2c1. The largest absolute Gasteiger partial charge is 0.618 e. The highest BCUT2D eigenvalue weighted by atomic mass is 16.5. The molecule has 0 unspecified atom stereocenters. The minimum absolute atomic E-state index is 0.0701. The zero-order valence-electron chi connectivity index (χ0n) is 19.4. The molecule has 0 amide bonds. The summed E-state index contributed by atoms with van der Waals surface area (Å²) in [5.74, 6) is -0.416. The van der Waals surface area contributed by atoms with Crippen LogP contribution >= 0.6 is 0 Å². The van der Waals surface area contributed by atoms with Crippen LogP contribution in [0.5, 0.6) is 23.0 Å². The Morgan fingerprint density at radius 1 is 0.971 bits per heavy atom. The predicted molar refractivity (Wildman–Crippen MR) is 118 cm³/mol. The molecule has 0 bridgehead atoms. The second kappa shape index (κ2) is 10.6. The number of carbonyl (C=O) groups excluding carboxylic acids is 2. The summed E-state index contributed by atoms with van der Waals surface area (Å²) in [6, 6.07) is 7.52. The minimum Gasteiger partial charge on any atom is -0.618 e. The Hall–Kier alpha value is -4.28. The van der Waals surface area contributed by atoms with E-state index in [1.165, 1.54) is 39.5 Å². The number of aromatic nitrogens is 2. The lowest BCUT2D eigenvalue weighted by molar-refractivity contribution is -0.581. The van der Waals surface area contributed by atoms with Crippen molar-refractivity contribution in [1.82, 2.24) is 4.98 Å². The lowest BCUT2D eigenvalue weighted by Crippen LogP contribution is -2.38. The molecule has 11 nitrogen and oxygen atoms in total. The number of fused-ring (bicyclic) bond motifs is 1. The molecule has 34 heavy (non-hydrogen) atoms. The number of hydrogen-bond acceptors (Lipinski definition) is 10. The summed E-state index contributed by atoms with van der Waals surface area (Å²) < 4.78 is 31.6. The first-order valence-corrected chi connectivity index (χ1v) is 10.1.